The maximum Gasteiger partial charge on any atom is 0.254 e. The number of fused-ring (bicyclic) bond motifs is 2. The molecule has 2 aliphatic rings. The lowest BCUT2D eigenvalue weighted by Crippen LogP contribution is -2.55. The molecule has 4 rings (SSSR count). The number of carbonyl (C=O) groups excluding carboxylic acids is 1. The van der Waals surface area contributed by atoms with E-state index in [1.54, 1.807) is 6.07 Å². The van der Waals surface area contributed by atoms with Gasteiger partial charge in [-0.3, -0.25) is 9.69 Å². The van der Waals surface area contributed by atoms with Gasteiger partial charge in [0.15, 0.2) is 0 Å². The first-order valence-corrected chi connectivity index (χ1v) is 9.00. The molecule has 2 aliphatic heterocycles. The number of amides is 1. The molecule has 2 bridgehead atoms. The Morgan fingerprint density at radius 1 is 1.12 bits per heavy atom. The summed E-state index contributed by atoms with van der Waals surface area (Å²) in [6.07, 6.45) is 2.13. The third-order valence-corrected chi connectivity index (χ3v) is 5.40. The smallest absolute Gasteiger partial charge is 0.254 e. The number of anilines is 1. The van der Waals surface area contributed by atoms with Crippen LogP contribution in [0.2, 0.25) is 5.15 Å². The van der Waals surface area contributed by atoms with Gasteiger partial charge in [0.25, 0.3) is 5.91 Å². The van der Waals surface area contributed by atoms with E-state index in [9.17, 15) is 4.79 Å². The van der Waals surface area contributed by atoms with Gasteiger partial charge in [-0.05, 0) is 31.0 Å². The van der Waals surface area contributed by atoms with Gasteiger partial charge in [-0.15, -0.1) is 0 Å². The summed E-state index contributed by atoms with van der Waals surface area (Å²) in [6, 6.07) is 13.8. The average Bonchev–Trinajstić information content (AvgIpc) is 2.88. The summed E-state index contributed by atoms with van der Waals surface area (Å²) in [4.78, 5) is 21.5. The minimum Gasteiger partial charge on any atom is -0.383 e. The van der Waals surface area contributed by atoms with E-state index in [1.807, 2.05) is 36.4 Å². The molecule has 2 atom stereocenters. The standard InChI is InChI=1S/C19H21ClN4O/c20-17-9-6-14(18(21)22-17)10-23-11-15-7-8-16(12-23)24(15)19(25)13-4-2-1-3-5-13/h1-6,9,15-16H,7-8,10-12H2,(H2,21,22)/t15-,16+. The van der Waals surface area contributed by atoms with Gasteiger partial charge in [-0.1, -0.05) is 35.9 Å². The number of likely N-dealkylation sites (tertiary alicyclic amines) is 1. The van der Waals surface area contributed by atoms with E-state index in [4.69, 9.17) is 17.3 Å². The molecule has 1 aromatic heterocycles. The van der Waals surface area contributed by atoms with Crippen molar-refractivity contribution in [2.45, 2.75) is 31.5 Å². The maximum atomic E-state index is 12.9. The highest BCUT2D eigenvalue weighted by molar-refractivity contribution is 6.29. The molecule has 2 aromatic rings. The average molecular weight is 357 g/mol. The Morgan fingerprint density at radius 3 is 2.44 bits per heavy atom. The van der Waals surface area contributed by atoms with Crippen molar-refractivity contribution in [3.8, 4) is 0 Å². The quantitative estimate of drug-likeness (QED) is 0.859. The molecule has 5 nitrogen and oxygen atoms in total. The number of piperazine rings is 1. The van der Waals surface area contributed by atoms with E-state index in [-0.39, 0.29) is 18.0 Å². The lowest BCUT2D eigenvalue weighted by molar-refractivity contribution is 0.0405. The number of pyridine rings is 1. The molecule has 2 saturated heterocycles. The molecule has 0 saturated carbocycles. The zero-order valence-corrected chi connectivity index (χ0v) is 14.7. The van der Waals surface area contributed by atoms with E-state index in [2.05, 4.69) is 14.8 Å². The molecular formula is C19H21ClN4O. The predicted molar refractivity (Wildman–Crippen MR) is 98.4 cm³/mol. The molecule has 130 valence electrons. The summed E-state index contributed by atoms with van der Waals surface area (Å²) in [5.41, 5.74) is 7.76. The topological polar surface area (TPSA) is 62.5 Å². The van der Waals surface area contributed by atoms with Crippen molar-refractivity contribution in [1.82, 2.24) is 14.8 Å². The van der Waals surface area contributed by atoms with Crippen LogP contribution in [0.3, 0.4) is 0 Å². The van der Waals surface area contributed by atoms with Crippen LogP contribution in [0.5, 0.6) is 0 Å². The first-order valence-electron chi connectivity index (χ1n) is 8.63. The van der Waals surface area contributed by atoms with Crippen molar-refractivity contribution in [3.05, 3.63) is 58.7 Å². The molecule has 1 amide bonds. The number of aromatic nitrogens is 1. The molecule has 3 heterocycles. The van der Waals surface area contributed by atoms with Gasteiger partial charge in [0.2, 0.25) is 0 Å². The Balaban J connectivity index is 1.47. The second-order valence-corrected chi connectivity index (χ2v) is 7.22. The molecule has 2 N–H and O–H groups in total. The fourth-order valence-corrected chi connectivity index (χ4v) is 4.19. The van der Waals surface area contributed by atoms with Crippen LogP contribution in [0.1, 0.15) is 28.8 Å². The molecular weight excluding hydrogens is 336 g/mol. The van der Waals surface area contributed by atoms with Crippen LogP contribution < -0.4 is 5.73 Å². The largest absolute Gasteiger partial charge is 0.383 e. The number of hydrogen-bond donors (Lipinski definition) is 1. The van der Waals surface area contributed by atoms with Gasteiger partial charge in [0, 0.05) is 42.8 Å². The zero-order chi connectivity index (χ0) is 17.4. The Hall–Kier alpha value is -2.11. The molecule has 0 radical (unpaired) electrons. The van der Waals surface area contributed by atoms with Crippen molar-refractivity contribution in [1.29, 1.82) is 0 Å². The lowest BCUT2D eigenvalue weighted by atomic mass is 10.1. The van der Waals surface area contributed by atoms with E-state index < -0.39 is 0 Å². The van der Waals surface area contributed by atoms with Crippen molar-refractivity contribution in [2.75, 3.05) is 18.8 Å². The van der Waals surface area contributed by atoms with Crippen LogP contribution >= 0.6 is 11.6 Å². The Labute approximate surface area is 152 Å². The molecule has 25 heavy (non-hydrogen) atoms. The number of nitrogens with zero attached hydrogens (tertiary/aromatic N) is 3. The van der Waals surface area contributed by atoms with Crippen LogP contribution in [-0.4, -0.2) is 45.9 Å². The summed E-state index contributed by atoms with van der Waals surface area (Å²) in [6.45, 7) is 2.49. The van der Waals surface area contributed by atoms with Gasteiger partial charge in [0.1, 0.15) is 11.0 Å². The highest BCUT2D eigenvalue weighted by atomic mass is 35.5. The first kappa shape index (κ1) is 16.4. The maximum absolute atomic E-state index is 12.9. The van der Waals surface area contributed by atoms with Gasteiger partial charge >= 0.3 is 0 Å². The van der Waals surface area contributed by atoms with Gasteiger partial charge in [0.05, 0.1) is 0 Å². The number of hydrogen-bond acceptors (Lipinski definition) is 4. The third-order valence-electron chi connectivity index (χ3n) is 5.19. The van der Waals surface area contributed by atoms with Gasteiger partial charge < -0.3 is 10.6 Å². The van der Waals surface area contributed by atoms with E-state index in [0.29, 0.717) is 11.0 Å². The van der Waals surface area contributed by atoms with Gasteiger partial charge in [-0.25, -0.2) is 4.98 Å². The summed E-state index contributed by atoms with van der Waals surface area (Å²) in [5, 5.41) is 0.416. The molecule has 6 heteroatoms. The highest BCUT2D eigenvalue weighted by Crippen LogP contribution is 2.32. The summed E-state index contributed by atoms with van der Waals surface area (Å²) < 4.78 is 0. The second kappa shape index (κ2) is 6.65. The third kappa shape index (κ3) is 3.22. The number of benzene rings is 1. The lowest BCUT2D eigenvalue weighted by Gasteiger charge is -2.41. The Morgan fingerprint density at radius 2 is 1.80 bits per heavy atom. The van der Waals surface area contributed by atoms with Crippen molar-refractivity contribution in [3.63, 3.8) is 0 Å². The van der Waals surface area contributed by atoms with Crippen molar-refractivity contribution >= 4 is 23.3 Å². The number of halogens is 1. The fraction of sp³-hybridized carbons (Fsp3) is 0.368. The van der Waals surface area contributed by atoms with Crippen LogP contribution in [-0.2, 0) is 6.54 Å². The van der Waals surface area contributed by atoms with Crippen LogP contribution in [0.4, 0.5) is 5.82 Å². The van der Waals surface area contributed by atoms with E-state index >= 15 is 0 Å². The van der Waals surface area contributed by atoms with Gasteiger partial charge in [-0.2, -0.15) is 0 Å². The molecule has 0 spiro atoms. The molecule has 0 aliphatic carbocycles. The zero-order valence-electron chi connectivity index (χ0n) is 13.9. The summed E-state index contributed by atoms with van der Waals surface area (Å²) >= 11 is 5.88. The van der Waals surface area contributed by atoms with Crippen LogP contribution in [0.25, 0.3) is 0 Å². The minimum atomic E-state index is 0.153. The monoisotopic (exact) mass is 356 g/mol. The molecule has 1 aromatic carbocycles. The van der Waals surface area contributed by atoms with E-state index in [0.717, 1.165) is 43.6 Å². The molecule has 2 fully saturated rings. The van der Waals surface area contributed by atoms with Crippen molar-refractivity contribution in [2.24, 2.45) is 0 Å². The summed E-state index contributed by atoms with van der Waals surface area (Å²) in [7, 11) is 0. The molecule has 0 unspecified atom stereocenters. The minimum absolute atomic E-state index is 0.153. The highest BCUT2D eigenvalue weighted by Gasteiger charge is 2.42. The number of rotatable bonds is 3. The summed E-state index contributed by atoms with van der Waals surface area (Å²) in [5.74, 6) is 0.642. The Bertz CT molecular complexity index is 768. The van der Waals surface area contributed by atoms with Crippen molar-refractivity contribution < 1.29 is 4.79 Å². The SMILES string of the molecule is Nc1nc(Cl)ccc1CN1C[C@H]2CC[C@@H](C1)N2C(=O)c1ccccc1. The van der Waals surface area contributed by atoms with Crippen LogP contribution in [0.15, 0.2) is 42.5 Å². The van der Waals surface area contributed by atoms with E-state index in [1.165, 1.54) is 0 Å². The second-order valence-electron chi connectivity index (χ2n) is 6.84. The normalized spacial score (nSPS) is 23.0. The fourth-order valence-electron chi connectivity index (χ4n) is 4.03. The Kier molecular flexibility index (Phi) is 4.36. The predicted octanol–water partition coefficient (Wildman–Crippen LogP) is 2.81. The first-order chi connectivity index (χ1) is 12.1. The number of nitrogens with two attached hydrogens (primary N) is 1. The van der Waals surface area contributed by atoms with Crippen LogP contribution in [0, 0.1) is 0 Å². The number of carbonyl (C=O) groups is 1. The number of nitrogen functional groups attached to an aromatic ring is 1.